The molecule has 0 radical (unpaired) electrons. The summed E-state index contributed by atoms with van der Waals surface area (Å²) >= 11 is 0. The number of ether oxygens (including phenoxy) is 1. The monoisotopic (exact) mass is 736 g/mol. The van der Waals surface area contributed by atoms with Gasteiger partial charge in [-0.15, -0.1) is 0 Å². The highest BCUT2D eigenvalue weighted by atomic mass is 16.5. The van der Waals surface area contributed by atoms with E-state index in [2.05, 4.69) is 24.4 Å². The van der Waals surface area contributed by atoms with Gasteiger partial charge in [-0.05, 0) is 123 Å². The van der Waals surface area contributed by atoms with Crippen molar-refractivity contribution in [1.29, 1.82) is 0 Å². The first-order valence-corrected chi connectivity index (χ1v) is 20.8. The third kappa shape index (κ3) is 5.74. The van der Waals surface area contributed by atoms with Crippen molar-refractivity contribution in [3.05, 3.63) is 47.7 Å². The lowest BCUT2D eigenvalue weighted by atomic mass is 9.42. The van der Waals surface area contributed by atoms with Crippen molar-refractivity contribution in [2.24, 2.45) is 63.9 Å². The fourth-order valence-electron chi connectivity index (χ4n) is 13.9. The second kappa shape index (κ2) is 13.6. The van der Waals surface area contributed by atoms with E-state index in [9.17, 15) is 35.4 Å². The minimum absolute atomic E-state index is 0.0629. The molecule has 4 saturated carbocycles. The number of aliphatic hydroxyl groups is 6. The Morgan fingerprint density at radius 3 is 2.57 bits per heavy atom. The van der Waals surface area contributed by atoms with Crippen LogP contribution in [0.5, 0.6) is 0 Å². The van der Waals surface area contributed by atoms with Crippen LogP contribution >= 0.6 is 0 Å². The number of hydrogen-bond acceptors (Lipinski definition) is 10. The van der Waals surface area contributed by atoms with Crippen molar-refractivity contribution in [3.63, 3.8) is 0 Å². The number of carbonyl (C=O) groups is 1. The SMILES string of the molecule is CCC[C@@H]1CC[C@H]2[C@H](CO)[C@H]([C@@H](O)[C@](C)(O)[C@H]3CC[C@@]4(O)C5=CC(=O)[C@@H]6C[C@@H](O)[C@@H](O)C[C@@]67C[C@@H](C6=CNC(N)C=C6)C=C[C@H](C[C@]34C)[C@@H]57)O[C@@H]2CC1. The van der Waals surface area contributed by atoms with Crippen LogP contribution in [0.1, 0.15) is 97.8 Å². The van der Waals surface area contributed by atoms with Gasteiger partial charge in [0.1, 0.15) is 6.10 Å². The molecule has 8 rings (SSSR count). The highest BCUT2D eigenvalue weighted by Gasteiger charge is 2.72. The lowest BCUT2D eigenvalue weighted by molar-refractivity contribution is -0.204. The van der Waals surface area contributed by atoms with Gasteiger partial charge in [0, 0.05) is 36.0 Å². The van der Waals surface area contributed by atoms with Crippen LogP contribution in [0.4, 0.5) is 0 Å². The fourth-order valence-corrected chi connectivity index (χ4v) is 13.9. The van der Waals surface area contributed by atoms with Gasteiger partial charge in [0.25, 0.3) is 0 Å². The largest absolute Gasteiger partial charge is 0.396 e. The van der Waals surface area contributed by atoms with Gasteiger partial charge < -0.3 is 46.4 Å². The summed E-state index contributed by atoms with van der Waals surface area (Å²) < 4.78 is 6.64. The van der Waals surface area contributed by atoms with Gasteiger partial charge in [-0.1, -0.05) is 51.3 Å². The Morgan fingerprint density at radius 2 is 1.85 bits per heavy atom. The smallest absolute Gasteiger partial charge is 0.159 e. The second-order valence-corrected chi connectivity index (χ2v) is 19.1. The number of dihydropyridines is 1. The van der Waals surface area contributed by atoms with Gasteiger partial charge in [0.2, 0.25) is 0 Å². The Balaban J connectivity index is 1.14. The molecular weight excluding hydrogens is 672 g/mol. The molecule has 6 aliphatic carbocycles. The zero-order chi connectivity index (χ0) is 37.7. The van der Waals surface area contributed by atoms with E-state index in [1.165, 1.54) is 6.42 Å². The Kier molecular flexibility index (Phi) is 9.79. The molecule has 8 aliphatic rings. The van der Waals surface area contributed by atoms with Crippen LogP contribution in [0.15, 0.2) is 47.7 Å². The first-order chi connectivity index (χ1) is 25.2. The number of nitrogens with one attached hydrogen (secondary N) is 1. The first-order valence-electron chi connectivity index (χ1n) is 20.8. The Labute approximate surface area is 314 Å². The molecule has 2 aliphatic heterocycles. The fraction of sp³-hybridized carbons (Fsp3) is 0.791. The molecule has 10 heteroatoms. The summed E-state index contributed by atoms with van der Waals surface area (Å²) in [5.74, 6) is -1.12. The van der Waals surface area contributed by atoms with Crippen LogP contribution in [0.25, 0.3) is 0 Å². The average molecular weight is 737 g/mol. The maximum absolute atomic E-state index is 14.4. The van der Waals surface area contributed by atoms with Crippen LogP contribution in [-0.2, 0) is 9.53 Å². The van der Waals surface area contributed by atoms with E-state index >= 15 is 0 Å². The summed E-state index contributed by atoms with van der Waals surface area (Å²) in [5, 5.41) is 74.2. The Hall–Kier alpha value is -1.89. The average Bonchev–Trinajstić information content (AvgIpc) is 3.46. The molecular formula is C43H64N2O8. The minimum Gasteiger partial charge on any atom is -0.396 e. The number of hydrogen-bond donors (Lipinski definition) is 8. The number of fused-ring (bicyclic) bond motifs is 3. The van der Waals surface area contributed by atoms with E-state index in [0.717, 1.165) is 37.7 Å². The summed E-state index contributed by atoms with van der Waals surface area (Å²) in [6.07, 6.45) is 16.2. The molecule has 0 aromatic rings. The van der Waals surface area contributed by atoms with Crippen LogP contribution < -0.4 is 11.1 Å². The summed E-state index contributed by atoms with van der Waals surface area (Å²) in [7, 11) is 0. The number of ketones is 1. The summed E-state index contributed by atoms with van der Waals surface area (Å²) in [5.41, 5.74) is 3.07. The van der Waals surface area contributed by atoms with Gasteiger partial charge in [-0.25, -0.2) is 0 Å². The summed E-state index contributed by atoms with van der Waals surface area (Å²) in [6, 6.07) is 0. The number of aliphatic hydroxyl groups excluding tert-OH is 4. The lowest BCUT2D eigenvalue weighted by Crippen LogP contribution is -2.66. The Morgan fingerprint density at radius 1 is 1.08 bits per heavy atom. The summed E-state index contributed by atoms with van der Waals surface area (Å²) in [4.78, 5) is 14.4. The maximum Gasteiger partial charge on any atom is 0.159 e. The minimum atomic E-state index is -1.66. The van der Waals surface area contributed by atoms with Crippen molar-refractivity contribution in [1.82, 2.24) is 5.32 Å². The molecule has 0 aromatic heterocycles. The van der Waals surface area contributed by atoms with Gasteiger partial charge in [-0.3, -0.25) is 4.79 Å². The normalized spacial score (nSPS) is 50.6. The molecule has 10 nitrogen and oxygen atoms in total. The van der Waals surface area contributed by atoms with Crippen molar-refractivity contribution < 1.29 is 40.2 Å². The maximum atomic E-state index is 14.4. The molecule has 9 N–H and O–H groups in total. The highest BCUT2D eigenvalue weighted by Crippen LogP contribution is 2.72. The zero-order valence-electron chi connectivity index (χ0n) is 31.8. The molecule has 1 unspecified atom stereocenters. The zero-order valence-corrected chi connectivity index (χ0v) is 31.8. The van der Waals surface area contributed by atoms with E-state index in [1.54, 1.807) is 13.0 Å². The number of allylic oxidation sites excluding steroid dienone is 5. The molecule has 5 fully saturated rings. The number of rotatable bonds is 7. The third-order valence-electron chi connectivity index (χ3n) is 16.5. The van der Waals surface area contributed by atoms with Crippen molar-refractivity contribution >= 4 is 5.78 Å². The van der Waals surface area contributed by atoms with Gasteiger partial charge in [0.15, 0.2) is 5.78 Å². The van der Waals surface area contributed by atoms with E-state index in [4.69, 9.17) is 10.5 Å². The molecule has 1 saturated heterocycles. The van der Waals surface area contributed by atoms with E-state index in [0.29, 0.717) is 37.2 Å². The van der Waals surface area contributed by atoms with Crippen LogP contribution in [0, 0.1) is 58.2 Å². The van der Waals surface area contributed by atoms with Crippen molar-refractivity contribution in [2.45, 2.75) is 146 Å². The van der Waals surface area contributed by atoms with E-state index in [1.807, 2.05) is 25.3 Å². The second-order valence-electron chi connectivity index (χ2n) is 19.1. The van der Waals surface area contributed by atoms with Crippen LogP contribution in [0.3, 0.4) is 0 Å². The molecule has 0 amide bonds. The van der Waals surface area contributed by atoms with Crippen LogP contribution in [0.2, 0.25) is 0 Å². The molecule has 0 bridgehead atoms. The van der Waals surface area contributed by atoms with E-state index < -0.39 is 58.3 Å². The van der Waals surface area contributed by atoms with Gasteiger partial charge in [-0.2, -0.15) is 0 Å². The van der Waals surface area contributed by atoms with Crippen molar-refractivity contribution in [3.8, 4) is 0 Å². The molecule has 53 heavy (non-hydrogen) atoms. The quantitative estimate of drug-likeness (QED) is 0.180. The van der Waals surface area contributed by atoms with Gasteiger partial charge >= 0.3 is 0 Å². The molecule has 1 spiro atoms. The topological polar surface area (TPSA) is 186 Å². The van der Waals surface area contributed by atoms with Gasteiger partial charge in [0.05, 0.1) is 41.8 Å². The van der Waals surface area contributed by atoms with Crippen LogP contribution in [-0.4, -0.2) is 90.9 Å². The highest BCUT2D eigenvalue weighted by molar-refractivity contribution is 5.95. The first kappa shape index (κ1) is 38.0. The molecule has 18 atom stereocenters. The third-order valence-corrected chi connectivity index (χ3v) is 16.5. The van der Waals surface area contributed by atoms with E-state index in [-0.39, 0.29) is 67.1 Å². The predicted molar refractivity (Wildman–Crippen MR) is 199 cm³/mol. The number of carbonyl (C=O) groups excluding carboxylic acids is 1. The predicted octanol–water partition coefficient (Wildman–Crippen LogP) is 3.40. The summed E-state index contributed by atoms with van der Waals surface area (Å²) in [6.45, 7) is 5.81. The molecule has 2 heterocycles. The Bertz CT molecular complexity index is 1560. The molecule has 294 valence electrons. The van der Waals surface area contributed by atoms with Crippen molar-refractivity contribution in [2.75, 3.05) is 6.61 Å². The number of nitrogens with two attached hydrogens (primary N) is 1. The standard InChI is InChI=1S/C43H64N2O8/c1-4-5-23-6-11-27-28(22-46)38(53-34(27)12-7-23)39(50)41(3,51)35-14-15-43(52)30-17-31(47)29-16-32(48)33(49)20-42(29)19-24(26-10-13-36(44)45-21-26)8-9-25(37(30)42)18-40(35,43)2/h8-10,13,17,21,23-25,27-29,32-39,45-46,48-52H,4-7,11-12,14-16,18-20,22,44H2,1-3H3/t23-,24+,25-,27+,28+,29+,32-,33+,34-,35+,36?,37+,38-,39-,40-,41-,42+,43-/m1/s1. The lowest BCUT2D eigenvalue weighted by Gasteiger charge is -2.63. The molecule has 0 aromatic carbocycles.